The minimum Gasteiger partial charge on any atom is -0.128 e. The molecular weight excluding hydrogens is 569 g/mol. The summed E-state index contributed by atoms with van der Waals surface area (Å²) < 4.78 is 0. The maximum atomic E-state index is 2.37. The lowest BCUT2D eigenvalue weighted by atomic mass is 9.98. The van der Waals surface area contributed by atoms with Crippen LogP contribution in [0.5, 0.6) is 0 Å². The number of benzene rings is 5. The van der Waals surface area contributed by atoms with Gasteiger partial charge in [-0.2, -0.15) is 0 Å². The zero-order chi connectivity index (χ0) is 30.7. The van der Waals surface area contributed by atoms with Crippen molar-refractivity contribution in [2.24, 2.45) is 0 Å². The van der Waals surface area contributed by atoms with Gasteiger partial charge in [-0.05, 0) is 105 Å². The van der Waals surface area contributed by atoms with Crippen LogP contribution in [0.3, 0.4) is 0 Å². The molecular formula is C42H46S2. The highest BCUT2D eigenvalue weighted by Gasteiger charge is 2.14. The second-order valence-electron chi connectivity index (χ2n) is 11.7. The van der Waals surface area contributed by atoms with E-state index in [-0.39, 0.29) is 0 Å². The minimum atomic E-state index is 1.18. The van der Waals surface area contributed by atoms with Crippen molar-refractivity contribution in [1.29, 1.82) is 0 Å². The summed E-state index contributed by atoms with van der Waals surface area (Å²) >= 11 is 3.71. The molecule has 5 aromatic rings. The van der Waals surface area contributed by atoms with Crippen molar-refractivity contribution >= 4 is 69.4 Å². The van der Waals surface area contributed by atoms with Crippen LogP contribution in [0.4, 0.5) is 0 Å². The van der Waals surface area contributed by atoms with Crippen LogP contribution < -0.4 is 0 Å². The first-order valence-corrected chi connectivity index (χ1v) is 18.7. The van der Waals surface area contributed by atoms with E-state index in [1.165, 1.54) is 116 Å². The lowest BCUT2D eigenvalue weighted by Crippen LogP contribution is -1.89. The normalized spacial score (nSPS) is 11.9. The molecule has 5 rings (SSSR count). The van der Waals surface area contributed by atoms with E-state index in [2.05, 4.69) is 136 Å². The molecule has 0 atom stereocenters. The molecule has 0 aliphatic rings. The van der Waals surface area contributed by atoms with E-state index in [1.807, 2.05) is 23.5 Å². The van der Waals surface area contributed by atoms with Crippen LogP contribution in [0.2, 0.25) is 0 Å². The fraction of sp³-hybridized carbons (Fsp3) is 0.286. The van der Waals surface area contributed by atoms with Gasteiger partial charge in [-0.15, -0.1) is 23.5 Å². The molecule has 226 valence electrons. The summed E-state index contributed by atoms with van der Waals surface area (Å²) in [5.74, 6) is 0. The smallest absolute Gasteiger partial charge is 0.0227 e. The molecule has 0 saturated carbocycles. The zero-order valence-corrected chi connectivity index (χ0v) is 28.5. The van der Waals surface area contributed by atoms with Crippen LogP contribution in [0.1, 0.15) is 85.8 Å². The van der Waals surface area contributed by atoms with Crippen molar-refractivity contribution in [2.75, 3.05) is 12.5 Å². The van der Waals surface area contributed by atoms with Gasteiger partial charge in [0.1, 0.15) is 0 Å². The van der Waals surface area contributed by atoms with Crippen LogP contribution in [0.15, 0.2) is 94.7 Å². The Morgan fingerprint density at radius 1 is 0.432 bits per heavy atom. The lowest BCUT2D eigenvalue weighted by molar-refractivity contribution is 0.717. The molecule has 0 nitrogen and oxygen atoms in total. The summed E-state index contributed by atoms with van der Waals surface area (Å²) in [5.41, 5.74) is 7.85. The van der Waals surface area contributed by atoms with Gasteiger partial charge in [0.2, 0.25) is 0 Å². The van der Waals surface area contributed by atoms with E-state index < -0.39 is 0 Å². The summed E-state index contributed by atoms with van der Waals surface area (Å²) in [6.45, 7) is 4.52. The van der Waals surface area contributed by atoms with E-state index in [1.54, 1.807) is 0 Å². The van der Waals surface area contributed by atoms with Gasteiger partial charge in [0.05, 0.1) is 0 Å². The first kappa shape index (κ1) is 32.2. The summed E-state index contributed by atoms with van der Waals surface area (Å²) in [7, 11) is 0. The van der Waals surface area contributed by atoms with Gasteiger partial charge in [-0.1, -0.05) is 137 Å². The quantitative estimate of drug-likeness (QED) is 0.0528. The Morgan fingerprint density at radius 2 is 0.795 bits per heavy atom. The average molecular weight is 615 g/mol. The van der Waals surface area contributed by atoms with Gasteiger partial charge in [0.15, 0.2) is 0 Å². The molecule has 0 saturated heterocycles. The predicted octanol–water partition coefficient (Wildman–Crippen LogP) is 13.2. The SMILES string of the molecule is CCCCCc1ccc(C=Cc2ccc3c(SC)c4cc(C=Cc5ccc(CCCCC)cc5)ccc4c(SC)c3c2)cc1. The molecule has 44 heavy (non-hydrogen) atoms. The fourth-order valence-corrected chi connectivity index (χ4v) is 7.54. The van der Waals surface area contributed by atoms with Gasteiger partial charge < -0.3 is 0 Å². The van der Waals surface area contributed by atoms with Crippen molar-refractivity contribution < 1.29 is 0 Å². The topological polar surface area (TPSA) is 0 Å². The average Bonchev–Trinajstić information content (AvgIpc) is 3.06. The Balaban J connectivity index is 1.40. The third kappa shape index (κ3) is 8.09. The molecule has 0 heterocycles. The summed E-state index contributed by atoms with van der Waals surface area (Å²) in [5, 5.41) is 5.35. The van der Waals surface area contributed by atoms with Crippen LogP contribution in [0.25, 0.3) is 45.8 Å². The van der Waals surface area contributed by atoms with Crippen LogP contribution in [0, 0.1) is 0 Å². The van der Waals surface area contributed by atoms with Crippen LogP contribution >= 0.6 is 23.5 Å². The number of hydrogen-bond donors (Lipinski definition) is 0. The number of hydrogen-bond acceptors (Lipinski definition) is 2. The molecule has 0 radical (unpaired) electrons. The molecule has 0 amide bonds. The number of rotatable bonds is 14. The third-order valence-electron chi connectivity index (χ3n) is 8.51. The van der Waals surface area contributed by atoms with Gasteiger partial charge in [-0.3, -0.25) is 0 Å². The standard InChI is InChI=1S/C42H46S2/c1-5-7-9-11-31-13-17-33(18-14-31)21-23-35-25-27-37-39(29-35)41(43-3)38-28-26-36(30-40(38)42(37)44-4)24-22-34-19-15-32(16-20-34)12-10-8-6-2/h13-30H,5-12H2,1-4H3. The molecule has 0 bridgehead atoms. The zero-order valence-electron chi connectivity index (χ0n) is 26.9. The van der Waals surface area contributed by atoms with E-state index in [9.17, 15) is 0 Å². The minimum absolute atomic E-state index is 1.18. The predicted molar refractivity (Wildman–Crippen MR) is 202 cm³/mol. The van der Waals surface area contributed by atoms with Crippen molar-refractivity contribution in [2.45, 2.75) is 75.0 Å². The molecule has 0 aromatic heterocycles. The number of thioether (sulfide) groups is 2. The number of unbranched alkanes of at least 4 members (excludes halogenated alkanes) is 4. The molecule has 0 aliphatic carbocycles. The van der Waals surface area contributed by atoms with Crippen molar-refractivity contribution in [3.05, 3.63) is 118 Å². The molecule has 0 fully saturated rings. The fourth-order valence-electron chi connectivity index (χ4n) is 5.97. The number of fused-ring (bicyclic) bond motifs is 2. The first-order chi connectivity index (χ1) is 21.6. The number of aryl methyl sites for hydroxylation is 2. The van der Waals surface area contributed by atoms with Crippen molar-refractivity contribution in [1.82, 2.24) is 0 Å². The highest BCUT2D eigenvalue weighted by molar-refractivity contribution is 7.99. The Morgan fingerprint density at radius 3 is 1.16 bits per heavy atom. The molecule has 0 unspecified atom stereocenters. The second-order valence-corrected chi connectivity index (χ2v) is 13.4. The summed E-state index contributed by atoms with van der Waals surface area (Å²) in [6, 6.07) is 32.1. The molecule has 2 heteroatoms. The molecule has 5 aromatic carbocycles. The lowest BCUT2D eigenvalue weighted by Gasteiger charge is -2.15. The largest absolute Gasteiger partial charge is 0.128 e. The molecule has 0 N–H and O–H groups in total. The van der Waals surface area contributed by atoms with Gasteiger partial charge in [-0.25, -0.2) is 0 Å². The Kier molecular flexibility index (Phi) is 11.9. The van der Waals surface area contributed by atoms with Gasteiger partial charge in [0, 0.05) is 9.79 Å². The van der Waals surface area contributed by atoms with Crippen LogP contribution in [-0.4, -0.2) is 12.5 Å². The van der Waals surface area contributed by atoms with Gasteiger partial charge >= 0.3 is 0 Å². The highest BCUT2D eigenvalue weighted by Crippen LogP contribution is 2.42. The van der Waals surface area contributed by atoms with E-state index in [0.717, 1.165) is 0 Å². The first-order valence-electron chi connectivity index (χ1n) is 16.3. The maximum absolute atomic E-state index is 2.37. The Labute approximate surface area is 274 Å². The third-order valence-corrected chi connectivity index (χ3v) is 10.2. The van der Waals surface area contributed by atoms with Gasteiger partial charge in [0.25, 0.3) is 0 Å². The summed E-state index contributed by atoms with van der Waals surface area (Å²) in [6.07, 6.45) is 23.5. The van der Waals surface area contributed by atoms with E-state index in [4.69, 9.17) is 0 Å². The highest BCUT2D eigenvalue weighted by atomic mass is 32.2. The Hall–Kier alpha value is -3.20. The molecule has 0 aliphatic heterocycles. The van der Waals surface area contributed by atoms with E-state index >= 15 is 0 Å². The monoisotopic (exact) mass is 614 g/mol. The second kappa shape index (κ2) is 16.2. The van der Waals surface area contributed by atoms with Crippen molar-refractivity contribution in [3.63, 3.8) is 0 Å². The maximum Gasteiger partial charge on any atom is 0.0227 e. The van der Waals surface area contributed by atoms with Crippen LogP contribution in [-0.2, 0) is 12.8 Å². The van der Waals surface area contributed by atoms with Crippen molar-refractivity contribution in [3.8, 4) is 0 Å². The Bertz CT molecular complexity index is 1590. The van der Waals surface area contributed by atoms with E-state index in [0.29, 0.717) is 0 Å². The summed E-state index contributed by atoms with van der Waals surface area (Å²) in [4.78, 5) is 2.71. The molecule has 0 spiro atoms.